The number of fused-ring (bicyclic) bond motifs is 1. The van der Waals surface area contributed by atoms with Crippen LogP contribution in [0.5, 0.6) is 5.75 Å². The molecule has 1 heterocycles. The number of nitrogens with zero attached hydrogens (tertiary/aromatic N) is 1. The molecule has 0 aliphatic carbocycles. The Bertz CT molecular complexity index is 852. The molecule has 1 aromatic heterocycles. The van der Waals surface area contributed by atoms with E-state index in [0.717, 1.165) is 17.5 Å². The first kappa shape index (κ1) is 21.8. The lowest BCUT2D eigenvalue weighted by Crippen LogP contribution is -2.11. The Morgan fingerprint density at radius 2 is 1.93 bits per heavy atom. The maximum Gasteiger partial charge on any atom is 0.341 e. The molecule has 0 spiro atoms. The normalized spacial score (nSPS) is 11.3. The number of carboxylic acids is 2. The van der Waals surface area contributed by atoms with Crippen molar-refractivity contribution in [1.29, 1.82) is 0 Å². The van der Waals surface area contributed by atoms with Gasteiger partial charge in [0.05, 0.1) is 5.56 Å². The summed E-state index contributed by atoms with van der Waals surface area (Å²) in [6.45, 7) is 9.36. The molecule has 0 bridgehead atoms. The third-order valence-corrected chi connectivity index (χ3v) is 4.56. The second-order valence-corrected chi connectivity index (χ2v) is 7.23. The van der Waals surface area contributed by atoms with Crippen molar-refractivity contribution in [2.45, 2.75) is 47.1 Å². The molecule has 154 valence electrons. The van der Waals surface area contributed by atoms with E-state index in [4.69, 9.17) is 14.6 Å². The Morgan fingerprint density at radius 1 is 1.21 bits per heavy atom. The molecule has 7 nitrogen and oxygen atoms in total. The fraction of sp³-hybridized carbons (Fsp3) is 0.524. The van der Waals surface area contributed by atoms with E-state index in [2.05, 4.69) is 13.8 Å². The predicted molar refractivity (Wildman–Crippen MR) is 106 cm³/mol. The summed E-state index contributed by atoms with van der Waals surface area (Å²) in [7, 11) is 0. The summed E-state index contributed by atoms with van der Waals surface area (Å²) < 4.78 is 12.9. The maximum absolute atomic E-state index is 11.9. The summed E-state index contributed by atoms with van der Waals surface area (Å²) in [5.41, 5.74) is 2.61. The Morgan fingerprint density at radius 3 is 2.50 bits per heavy atom. The monoisotopic (exact) mass is 391 g/mol. The van der Waals surface area contributed by atoms with Crippen LogP contribution in [0.3, 0.4) is 0 Å². The van der Waals surface area contributed by atoms with Crippen molar-refractivity contribution in [3.8, 4) is 5.75 Å². The average molecular weight is 391 g/mol. The van der Waals surface area contributed by atoms with Crippen LogP contribution in [0, 0.1) is 12.8 Å². The first-order valence-corrected chi connectivity index (χ1v) is 9.57. The highest BCUT2D eigenvalue weighted by molar-refractivity contribution is 6.05. The van der Waals surface area contributed by atoms with E-state index in [1.807, 2.05) is 17.6 Å². The van der Waals surface area contributed by atoms with Gasteiger partial charge in [-0.1, -0.05) is 13.8 Å². The first-order valence-electron chi connectivity index (χ1n) is 9.57. The van der Waals surface area contributed by atoms with Crippen molar-refractivity contribution >= 4 is 22.8 Å². The number of aromatic carboxylic acids is 1. The van der Waals surface area contributed by atoms with Crippen LogP contribution in [0.25, 0.3) is 10.9 Å². The van der Waals surface area contributed by atoms with Gasteiger partial charge in [-0.15, -0.1) is 0 Å². The molecule has 0 aliphatic heterocycles. The molecule has 1 aromatic carbocycles. The van der Waals surface area contributed by atoms with Crippen LogP contribution in [-0.2, 0) is 22.5 Å². The van der Waals surface area contributed by atoms with Crippen molar-refractivity contribution in [3.05, 3.63) is 29.0 Å². The summed E-state index contributed by atoms with van der Waals surface area (Å²) in [5, 5.41) is 19.3. The molecule has 2 aromatic rings. The number of hydrogen-bond donors (Lipinski definition) is 2. The number of hydrogen-bond acceptors (Lipinski definition) is 4. The number of ether oxygens (including phenoxy) is 2. The van der Waals surface area contributed by atoms with Gasteiger partial charge in [-0.3, -0.25) is 0 Å². The van der Waals surface area contributed by atoms with Crippen molar-refractivity contribution in [1.82, 2.24) is 4.57 Å². The summed E-state index contributed by atoms with van der Waals surface area (Å²) in [6, 6.07) is 3.60. The number of aliphatic carboxylic acids is 1. The van der Waals surface area contributed by atoms with Crippen molar-refractivity contribution in [3.63, 3.8) is 0 Å². The molecule has 28 heavy (non-hydrogen) atoms. The topological polar surface area (TPSA) is 98.0 Å². The fourth-order valence-electron chi connectivity index (χ4n) is 3.39. The third-order valence-electron chi connectivity index (χ3n) is 4.56. The van der Waals surface area contributed by atoms with Gasteiger partial charge in [-0.25, -0.2) is 9.59 Å². The van der Waals surface area contributed by atoms with E-state index >= 15 is 0 Å². The Labute approximate surface area is 164 Å². The molecular formula is C21H29NO6. The van der Waals surface area contributed by atoms with Crippen molar-refractivity contribution < 1.29 is 29.3 Å². The third kappa shape index (κ3) is 5.04. The van der Waals surface area contributed by atoms with E-state index in [0.29, 0.717) is 48.9 Å². The molecule has 0 saturated heterocycles. The van der Waals surface area contributed by atoms with Gasteiger partial charge in [-0.2, -0.15) is 0 Å². The van der Waals surface area contributed by atoms with Crippen LogP contribution >= 0.6 is 0 Å². The molecule has 0 atom stereocenters. The van der Waals surface area contributed by atoms with E-state index in [9.17, 15) is 14.7 Å². The summed E-state index contributed by atoms with van der Waals surface area (Å²) in [5.74, 6) is -1.32. The van der Waals surface area contributed by atoms with Crippen LogP contribution in [-0.4, -0.2) is 46.5 Å². The van der Waals surface area contributed by atoms with Gasteiger partial charge >= 0.3 is 11.9 Å². The van der Waals surface area contributed by atoms with Gasteiger partial charge < -0.3 is 24.3 Å². The van der Waals surface area contributed by atoms with Crippen LogP contribution in [0.15, 0.2) is 12.1 Å². The smallest absolute Gasteiger partial charge is 0.341 e. The zero-order valence-corrected chi connectivity index (χ0v) is 16.9. The second kappa shape index (κ2) is 9.59. The fourth-order valence-corrected chi connectivity index (χ4v) is 3.39. The maximum atomic E-state index is 11.9. The van der Waals surface area contributed by atoms with Crippen LogP contribution in [0.1, 0.15) is 48.8 Å². The SMILES string of the molecule is CCOCCCc1cc2c(cc1OCC(=O)O)c(C(=O)O)c(C)n2CC(C)C. The second-order valence-electron chi connectivity index (χ2n) is 7.23. The quantitative estimate of drug-likeness (QED) is 0.566. The minimum atomic E-state index is -1.08. The van der Waals surface area contributed by atoms with Gasteiger partial charge in [-0.05, 0) is 50.3 Å². The van der Waals surface area contributed by atoms with Crippen LogP contribution < -0.4 is 4.74 Å². The highest BCUT2D eigenvalue weighted by Crippen LogP contribution is 2.33. The van der Waals surface area contributed by atoms with E-state index in [-0.39, 0.29) is 5.56 Å². The zero-order valence-electron chi connectivity index (χ0n) is 16.9. The number of rotatable bonds is 11. The number of aryl methyl sites for hydroxylation is 1. The predicted octanol–water partition coefficient (Wildman–Crippen LogP) is 3.74. The molecular weight excluding hydrogens is 362 g/mol. The van der Waals surface area contributed by atoms with E-state index in [1.54, 1.807) is 13.0 Å². The standard InChI is InChI=1S/C21H29NO6/c1-5-27-8-6-7-15-9-17-16(10-18(15)28-12-19(23)24)20(21(25)26)14(4)22(17)11-13(2)3/h9-10,13H,5-8,11-12H2,1-4H3,(H,23,24)(H,25,26). The molecule has 0 aliphatic rings. The largest absolute Gasteiger partial charge is 0.482 e. The number of benzene rings is 1. The molecule has 0 fully saturated rings. The summed E-state index contributed by atoms with van der Waals surface area (Å²) in [6.07, 6.45) is 1.41. The number of aromatic nitrogens is 1. The van der Waals surface area contributed by atoms with Crippen molar-refractivity contribution in [2.24, 2.45) is 5.92 Å². The summed E-state index contributed by atoms with van der Waals surface area (Å²) in [4.78, 5) is 22.8. The molecule has 7 heteroatoms. The molecule has 0 saturated carbocycles. The minimum Gasteiger partial charge on any atom is -0.482 e. The highest BCUT2D eigenvalue weighted by Gasteiger charge is 2.22. The Balaban J connectivity index is 2.58. The first-order chi connectivity index (χ1) is 13.3. The van der Waals surface area contributed by atoms with Crippen molar-refractivity contribution in [2.75, 3.05) is 19.8 Å². The molecule has 0 unspecified atom stereocenters. The van der Waals surface area contributed by atoms with Gasteiger partial charge in [0.2, 0.25) is 0 Å². The van der Waals surface area contributed by atoms with Crippen LogP contribution in [0.2, 0.25) is 0 Å². The lowest BCUT2D eigenvalue weighted by molar-refractivity contribution is -0.139. The highest BCUT2D eigenvalue weighted by atomic mass is 16.5. The van der Waals surface area contributed by atoms with E-state index in [1.165, 1.54) is 0 Å². The average Bonchev–Trinajstić information content (AvgIpc) is 2.87. The number of carboxylic acid groups (broad SMARTS) is 2. The van der Waals surface area contributed by atoms with Gasteiger partial charge in [0, 0.05) is 36.4 Å². The lowest BCUT2D eigenvalue weighted by atomic mass is 10.0. The molecule has 2 rings (SSSR count). The Hall–Kier alpha value is -2.54. The Kier molecular flexibility index (Phi) is 7.45. The summed E-state index contributed by atoms with van der Waals surface area (Å²) >= 11 is 0. The molecule has 0 amide bonds. The minimum absolute atomic E-state index is 0.233. The van der Waals surface area contributed by atoms with Gasteiger partial charge in [0.15, 0.2) is 6.61 Å². The van der Waals surface area contributed by atoms with Crippen LogP contribution in [0.4, 0.5) is 0 Å². The van der Waals surface area contributed by atoms with E-state index < -0.39 is 18.5 Å². The number of carbonyl (C=O) groups is 2. The van der Waals surface area contributed by atoms with Gasteiger partial charge in [0.1, 0.15) is 5.75 Å². The zero-order chi connectivity index (χ0) is 20.8. The molecule has 2 N–H and O–H groups in total. The molecule has 0 radical (unpaired) electrons. The lowest BCUT2D eigenvalue weighted by Gasteiger charge is -2.14. The van der Waals surface area contributed by atoms with Gasteiger partial charge in [0.25, 0.3) is 0 Å².